The molecular weight excluding hydrogens is 198 g/mol. The second-order valence-electron chi connectivity index (χ2n) is 3.92. The minimum Gasteiger partial charge on any atom is -0.512 e. The number of aliphatic hydroxyl groups excluding tert-OH is 1. The highest BCUT2D eigenvalue weighted by Crippen LogP contribution is 2.19. The van der Waals surface area contributed by atoms with Crippen molar-refractivity contribution >= 4 is 0 Å². The molecule has 0 amide bonds. The lowest BCUT2D eigenvalue weighted by Crippen LogP contribution is -2.08. The van der Waals surface area contributed by atoms with Gasteiger partial charge in [0.25, 0.3) is 0 Å². The molecule has 0 atom stereocenters. The van der Waals surface area contributed by atoms with Crippen molar-refractivity contribution in [2.45, 2.75) is 39.5 Å². The zero-order valence-corrected chi connectivity index (χ0v) is 10.8. The first-order valence-electron chi connectivity index (χ1n) is 6.01. The molecule has 0 aliphatic carbocycles. The monoisotopic (exact) mass is 223 g/mol. The Kier molecular flexibility index (Phi) is 8.64. The predicted molar refractivity (Wildman–Crippen MR) is 71.7 cm³/mol. The van der Waals surface area contributed by atoms with E-state index >= 15 is 0 Å². The predicted octanol–water partition coefficient (Wildman–Crippen LogP) is 3.73. The van der Waals surface area contributed by atoms with Crippen molar-refractivity contribution in [1.82, 2.24) is 5.32 Å². The van der Waals surface area contributed by atoms with Crippen LogP contribution in [0.2, 0.25) is 0 Å². The standard InChI is InChI=1S/C14H25NO/c1-5-7-13(8-9-14(16)6-2)12(3)10-11-15-4/h6,8,15-16H,3,5,7,9-11H2,1-2,4H3/b13-8?,14-6+. The molecule has 0 aromatic heterocycles. The minimum atomic E-state index is 0.426. The molecule has 0 rings (SSSR count). The van der Waals surface area contributed by atoms with Gasteiger partial charge in [-0.25, -0.2) is 0 Å². The molecule has 0 saturated heterocycles. The van der Waals surface area contributed by atoms with E-state index in [0.717, 1.165) is 25.8 Å². The fourth-order valence-electron chi connectivity index (χ4n) is 1.47. The highest BCUT2D eigenvalue weighted by Gasteiger charge is 2.02. The summed E-state index contributed by atoms with van der Waals surface area (Å²) in [5.74, 6) is 0.426. The summed E-state index contributed by atoms with van der Waals surface area (Å²) >= 11 is 0. The van der Waals surface area contributed by atoms with Gasteiger partial charge >= 0.3 is 0 Å². The van der Waals surface area contributed by atoms with E-state index in [0.29, 0.717) is 12.2 Å². The molecule has 0 radical (unpaired) electrons. The van der Waals surface area contributed by atoms with Crippen molar-refractivity contribution in [3.63, 3.8) is 0 Å². The SMILES string of the molecule is C=C(CCNC)C(=CC/C(O)=C\C)CCC. The molecule has 2 nitrogen and oxygen atoms in total. The van der Waals surface area contributed by atoms with Crippen LogP contribution in [0.25, 0.3) is 0 Å². The first-order valence-corrected chi connectivity index (χ1v) is 6.01. The number of hydrogen-bond acceptors (Lipinski definition) is 2. The Labute approximate surface area is 99.8 Å². The summed E-state index contributed by atoms with van der Waals surface area (Å²) in [6, 6.07) is 0. The normalized spacial score (nSPS) is 12.9. The zero-order chi connectivity index (χ0) is 12.4. The molecule has 0 aliphatic heterocycles. The molecular formula is C14H25NO. The molecule has 0 aliphatic rings. The van der Waals surface area contributed by atoms with Gasteiger partial charge in [0.2, 0.25) is 0 Å². The molecule has 16 heavy (non-hydrogen) atoms. The molecule has 0 saturated carbocycles. The Morgan fingerprint density at radius 2 is 2.06 bits per heavy atom. The van der Waals surface area contributed by atoms with Crippen molar-refractivity contribution in [2.24, 2.45) is 0 Å². The van der Waals surface area contributed by atoms with E-state index in [1.807, 2.05) is 14.0 Å². The maximum atomic E-state index is 9.41. The Balaban J connectivity index is 4.40. The van der Waals surface area contributed by atoms with Gasteiger partial charge in [-0.15, -0.1) is 0 Å². The van der Waals surface area contributed by atoms with Gasteiger partial charge in [0.1, 0.15) is 0 Å². The maximum Gasteiger partial charge on any atom is 0.0917 e. The van der Waals surface area contributed by atoms with Gasteiger partial charge in [-0.1, -0.05) is 31.6 Å². The summed E-state index contributed by atoms with van der Waals surface area (Å²) in [5.41, 5.74) is 2.46. The second kappa shape index (κ2) is 9.22. The molecule has 2 N–H and O–H groups in total. The lowest BCUT2D eigenvalue weighted by Gasteiger charge is -2.10. The van der Waals surface area contributed by atoms with Crippen molar-refractivity contribution in [2.75, 3.05) is 13.6 Å². The van der Waals surface area contributed by atoms with E-state index in [-0.39, 0.29) is 0 Å². The average molecular weight is 223 g/mol. The summed E-state index contributed by atoms with van der Waals surface area (Å²) in [6.45, 7) is 9.07. The second-order valence-corrected chi connectivity index (χ2v) is 3.92. The quantitative estimate of drug-likeness (QED) is 0.485. The number of aliphatic hydroxyl groups is 1. The zero-order valence-electron chi connectivity index (χ0n) is 10.8. The van der Waals surface area contributed by atoms with Crippen molar-refractivity contribution in [3.05, 3.63) is 35.6 Å². The van der Waals surface area contributed by atoms with Crippen LogP contribution in [0.5, 0.6) is 0 Å². The van der Waals surface area contributed by atoms with Crippen molar-refractivity contribution in [3.8, 4) is 0 Å². The van der Waals surface area contributed by atoms with Gasteiger partial charge in [-0.3, -0.25) is 0 Å². The Morgan fingerprint density at radius 3 is 2.56 bits per heavy atom. The molecule has 92 valence electrons. The third-order valence-electron chi connectivity index (χ3n) is 2.54. The van der Waals surface area contributed by atoms with E-state index < -0.39 is 0 Å². The van der Waals surface area contributed by atoms with Crippen LogP contribution in [0.3, 0.4) is 0 Å². The number of hydrogen-bond donors (Lipinski definition) is 2. The van der Waals surface area contributed by atoms with Crippen LogP contribution < -0.4 is 5.32 Å². The van der Waals surface area contributed by atoms with E-state index in [1.165, 1.54) is 11.1 Å². The van der Waals surface area contributed by atoms with Crippen LogP contribution in [0, 0.1) is 0 Å². The van der Waals surface area contributed by atoms with Crippen molar-refractivity contribution < 1.29 is 5.11 Å². The van der Waals surface area contributed by atoms with Crippen LogP contribution in [-0.4, -0.2) is 18.7 Å². The summed E-state index contributed by atoms with van der Waals surface area (Å²) in [4.78, 5) is 0. The van der Waals surface area contributed by atoms with E-state index in [1.54, 1.807) is 6.08 Å². The number of rotatable bonds is 8. The first kappa shape index (κ1) is 15.0. The van der Waals surface area contributed by atoms with Crippen LogP contribution in [0.15, 0.2) is 35.6 Å². The van der Waals surface area contributed by atoms with E-state index in [9.17, 15) is 5.11 Å². The average Bonchev–Trinajstić information content (AvgIpc) is 2.30. The van der Waals surface area contributed by atoms with Gasteiger partial charge in [0.15, 0.2) is 0 Å². The molecule has 0 aromatic rings. The Hall–Kier alpha value is -1.02. The molecule has 0 spiro atoms. The fourth-order valence-corrected chi connectivity index (χ4v) is 1.47. The van der Waals surface area contributed by atoms with Gasteiger partial charge in [0.05, 0.1) is 5.76 Å². The van der Waals surface area contributed by atoms with Crippen LogP contribution in [0.4, 0.5) is 0 Å². The molecule has 0 heterocycles. The largest absolute Gasteiger partial charge is 0.512 e. The van der Waals surface area contributed by atoms with E-state index in [2.05, 4.69) is 24.9 Å². The lowest BCUT2D eigenvalue weighted by molar-refractivity contribution is 0.400. The summed E-state index contributed by atoms with van der Waals surface area (Å²) in [5, 5.41) is 12.5. The van der Waals surface area contributed by atoms with Crippen molar-refractivity contribution in [1.29, 1.82) is 0 Å². The van der Waals surface area contributed by atoms with Crippen LogP contribution >= 0.6 is 0 Å². The molecule has 0 unspecified atom stereocenters. The fraction of sp³-hybridized carbons (Fsp3) is 0.571. The Bertz CT molecular complexity index is 264. The van der Waals surface area contributed by atoms with Gasteiger partial charge < -0.3 is 10.4 Å². The minimum absolute atomic E-state index is 0.426. The third-order valence-corrected chi connectivity index (χ3v) is 2.54. The summed E-state index contributed by atoms with van der Waals surface area (Å²) < 4.78 is 0. The topological polar surface area (TPSA) is 32.3 Å². The maximum absolute atomic E-state index is 9.41. The lowest BCUT2D eigenvalue weighted by atomic mass is 9.99. The third kappa shape index (κ3) is 6.46. The number of nitrogens with one attached hydrogen (secondary N) is 1. The van der Waals surface area contributed by atoms with Gasteiger partial charge in [-0.05, 0) is 45.0 Å². The molecule has 2 heteroatoms. The van der Waals surface area contributed by atoms with Crippen LogP contribution in [-0.2, 0) is 0 Å². The van der Waals surface area contributed by atoms with Gasteiger partial charge in [-0.2, -0.15) is 0 Å². The highest BCUT2D eigenvalue weighted by atomic mass is 16.3. The molecule has 0 fully saturated rings. The summed E-state index contributed by atoms with van der Waals surface area (Å²) in [7, 11) is 1.95. The first-order chi connectivity index (χ1) is 7.65. The number of allylic oxidation sites excluding steroid dienone is 3. The molecule has 0 bridgehead atoms. The summed E-state index contributed by atoms with van der Waals surface area (Å²) in [6.07, 6.45) is 7.57. The van der Waals surface area contributed by atoms with Crippen LogP contribution in [0.1, 0.15) is 39.5 Å². The van der Waals surface area contributed by atoms with Gasteiger partial charge in [0, 0.05) is 6.42 Å². The highest BCUT2D eigenvalue weighted by molar-refractivity contribution is 5.29. The Morgan fingerprint density at radius 1 is 1.38 bits per heavy atom. The molecule has 0 aromatic carbocycles. The smallest absolute Gasteiger partial charge is 0.0917 e. The van der Waals surface area contributed by atoms with E-state index in [4.69, 9.17) is 0 Å².